The van der Waals surface area contributed by atoms with Gasteiger partial charge in [0.15, 0.2) is 18.1 Å². The van der Waals surface area contributed by atoms with Gasteiger partial charge in [0, 0.05) is 12.6 Å². The van der Waals surface area contributed by atoms with Crippen molar-refractivity contribution in [3.05, 3.63) is 22.7 Å². The number of hydrogen-bond acceptors (Lipinski definition) is 4. The van der Waals surface area contributed by atoms with Gasteiger partial charge >= 0.3 is 0 Å². The summed E-state index contributed by atoms with van der Waals surface area (Å²) >= 11 is 6.16. The van der Waals surface area contributed by atoms with Gasteiger partial charge < -0.3 is 20.5 Å². The predicted molar refractivity (Wildman–Crippen MR) is 79.3 cm³/mol. The third-order valence-corrected chi connectivity index (χ3v) is 3.20. The zero-order valence-electron chi connectivity index (χ0n) is 12.0. The van der Waals surface area contributed by atoms with Gasteiger partial charge in [-0.05, 0) is 31.0 Å². The number of halogens is 1. The molecular weight excluding hydrogens is 280 g/mol. The van der Waals surface area contributed by atoms with Crippen LogP contribution in [0.5, 0.6) is 11.5 Å². The minimum absolute atomic E-state index is 0.236. The summed E-state index contributed by atoms with van der Waals surface area (Å²) in [5, 5.41) is 3.76. The van der Waals surface area contributed by atoms with Crippen molar-refractivity contribution in [2.24, 2.45) is 5.73 Å². The maximum absolute atomic E-state index is 10.8. The first kappa shape index (κ1) is 16.6. The maximum atomic E-state index is 10.8. The molecule has 0 bridgehead atoms. The fraction of sp³-hybridized carbons (Fsp3) is 0.500. The number of rotatable bonds is 8. The highest BCUT2D eigenvalue weighted by molar-refractivity contribution is 6.32. The van der Waals surface area contributed by atoms with Crippen LogP contribution in [-0.2, 0) is 11.3 Å². The van der Waals surface area contributed by atoms with Gasteiger partial charge in [-0.15, -0.1) is 0 Å². The molecule has 112 valence electrons. The summed E-state index contributed by atoms with van der Waals surface area (Å²) in [6.45, 7) is 4.68. The fourth-order valence-corrected chi connectivity index (χ4v) is 1.88. The largest absolute Gasteiger partial charge is 0.493 e. The number of primary amides is 1. The lowest BCUT2D eigenvalue weighted by Crippen LogP contribution is -2.24. The first-order valence-corrected chi connectivity index (χ1v) is 6.86. The second-order valence-corrected chi connectivity index (χ2v) is 4.96. The second-order valence-electron chi connectivity index (χ2n) is 4.55. The summed E-state index contributed by atoms with van der Waals surface area (Å²) < 4.78 is 10.5. The first-order chi connectivity index (χ1) is 9.47. The van der Waals surface area contributed by atoms with Gasteiger partial charge in [-0.2, -0.15) is 0 Å². The number of carbonyl (C=O) groups is 1. The molecule has 0 aliphatic rings. The van der Waals surface area contributed by atoms with E-state index in [1.807, 2.05) is 6.07 Å². The Morgan fingerprint density at radius 3 is 2.75 bits per heavy atom. The molecule has 0 saturated carbocycles. The molecule has 0 fully saturated rings. The van der Waals surface area contributed by atoms with E-state index in [1.54, 1.807) is 6.07 Å². The summed E-state index contributed by atoms with van der Waals surface area (Å²) in [6.07, 6.45) is 1.05. The van der Waals surface area contributed by atoms with E-state index in [4.69, 9.17) is 26.8 Å². The zero-order valence-corrected chi connectivity index (χ0v) is 12.8. The summed E-state index contributed by atoms with van der Waals surface area (Å²) in [5.74, 6) is 0.255. The third kappa shape index (κ3) is 4.90. The van der Waals surface area contributed by atoms with E-state index in [0.717, 1.165) is 12.0 Å². The van der Waals surface area contributed by atoms with Crippen molar-refractivity contribution in [3.8, 4) is 11.5 Å². The monoisotopic (exact) mass is 300 g/mol. The Balaban J connectivity index is 2.86. The molecule has 0 aliphatic carbocycles. The number of nitrogens with one attached hydrogen (secondary N) is 1. The predicted octanol–water partition coefficient (Wildman–Crippen LogP) is 2.10. The van der Waals surface area contributed by atoms with Crippen molar-refractivity contribution in [1.29, 1.82) is 0 Å². The van der Waals surface area contributed by atoms with Crippen LogP contribution in [0.25, 0.3) is 0 Å². The molecule has 1 aromatic carbocycles. The number of methoxy groups -OCH3 is 1. The van der Waals surface area contributed by atoms with Gasteiger partial charge in [0.05, 0.1) is 12.1 Å². The highest BCUT2D eigenvalue weighted by Gasteiger charge is 2.13. The smallest absolute Gasteiger partial charge is 0.255 e. The zero-order chi connectivity index (χ0) is 15.1. The quantitative estimate of drug-likeness (QED) is 0.771. The SMILES string of the molecule is CC[C@@H](C)NCc1cc(Cl)c(OCC(N)=O)c(OC)c1. The molecular formula is C14H21ClN2O3. The van der Waals surface area contributed by atoms with E-state index in [1.165, 1.54) is 7.11 Å². The van der Waals surface area contributed by atoms with Gasteiger partial charge in [-0.25, -0.2) is 0 Å². The molecule has 0 spiro atoms. The van der Waals surface area contributed by atoms with Gasteiger partial charge in [0.2, 0.25) is 0 Å². The molecule has 6 heteroatoms. The molecule has 0 aliphatic heterocycles. The van der Waals surface area contributed by atoms with Crippen LogP contribution in [0.15, 0.2) is 12.1 Å². The first-order valence-electron chi connectivity index (χ1n) is 6.48. The van der Waals surface area contributed by atoms with Gasteiger partial charge in [0.25, 0.3) is 5.91 Å². The average molecular weight is 301 g/mol. The lowest BCUT2D eigenvalue weighted by atomic mass is 10.1. The maximum Gasteiger partial charge on any atom is 0.255 e. The van der Waals surface area contributed by atoms with Crippen molar-refractivity contribution >= 4 is 17.5 Å². The summed E-state index contributed by atoms with van der Waals surface area (Å²) in [4.78, 5) is 10.8. The third-order valence-electron chi connectivity index (χ3n) is 2.92. The number of nitrogens with two attached hydrogens (primary N) is 1. The van der Waals surface area contributed by atoms with Gasteiger partial charge in [-0.3, -0.25) is 4.79 Å². The van der Waals surface area contributed by atoms with Crippen molar-refractivity contribution in [2.75, 3.05) is 13.7 Å². The number of amides is 1. The molecule has 3 N–H and O–H groups in total. The molecule has 0 unspecified atom stereocenters. The van der Waals surface area contributed by atoms with E-state index in [0.29, 0.717) is 29.1 Å². The number of benzene rings is 1. The molecule has 1 amide bonds. The number of hydrogen-bond donors (Lipinski definition) is 2. The van der Waals surface area contributed by atoms with Crippen molar-refractivity contribution in [2.45, 2.75) is 32.9 Å². The highest BCUT2D eigenvalue weighted by Crippen LogP contribution is 2.36. The topological polar surface area (TPSA) is 73.6 Å². The van der Waals surface area contributed by atoms with Crippen LogP contribution in [0.2, 0.25) is 5.02 Å². The summed E-state index contributed by atoms with van der Waals surface area (Å²) in [6, 6.07) is 4.04. The van der Waals surface area contributed by atoms with Gasteiger partial charge in [-0.1, -0.05) is 18.5 Å². The van der Waals surface area contributed by atoms with Crippen molar-refractivity contribution in [3.63, 3.8) is 0 Å². The van der Waals surface area contributed by atoms with Gasteiger partial charge in [0.1, 0.15) is 0 Å². The molecule has 1 rings (SSSR count). The standard InChI is InChI=1S/C14H21ClN2O3/c1-4-9(2)17-7-10-5-11(15)14(12(6-10)19-3)20-8-13(16)18/h5-6,9,17H,4,7-8H2,1-3H3,(H2,16,18)/t9-/m1/s1. The van der Waals surface area contributed by atoms with Crippen LogP contribution in [0.1, 0.15) is 25.8 Å². The molecule has 20 heavy (non-hydrogen) atoms. The Kier molecular flexibility index (Phi) is 6.61. The molecule has 0 heterocycles. The Bertz CT molecular complexity index is 466. The molecule has 0 aromatic heterocycles. The van der Waals surface area contributed by atoms with E-state index in [-0.39, 0.29) is 6.61 Å². The fourth-order valence-electron chi connectivity index (χ4n) is 1.60. The minimum atomic E-state index is -0.564. The van der Waals surface area contributed by atoms with Crippen LogP contribution < -0.4 is 20.5 Å². The summed E-state index contributed by atoms with van der Waals surface area (Å²) in [7, 11) is 1.52. The lowest BCUT2D eigenvalue weighted by Gasteiger charge is -2.15. The van der Waals surface area contributed by atoms with E-state index in [9.17, 15) is 4.79 Å². The summed E-state index contributed by atoms with van der Waals surface area (Å²) in [5.41, 5.74) is 6.04. The molecule has 1 atom stereocenters. The molecule has 5 nitrogen and oxygen atoms in total. The van der Waals surface area contributed by atoms with E-state index >= 15 is 0 Å². The lowest BCUT2D eigenvalue weighted by molar-refractivity contribution is -0.119. The Morgan fingerprint density at radius 2 is 2.20 bits per heavy atom. The van der Waals surface area contributed by atoms with Crippen molar-refractivity contribution in [1.82, 2.24) is 5.32 Å². The number of ether oxygens (including phenoxy) is 2. The normalized spacial score (nSPS) is 12.0. The van der Waals surface area contributed by atoms with Crippen LogP contribution in [0.3, 0.4) is 0 Å². The van der Waals surface area contributed by atoms with E-state index < -0.39 is 5.91 Å². The van der Waals surface area contributed by atoms with Crippen LogP contribution in [-0.4, -0.2) is 25.7 Å². The average Bonchev–Trinajstić information content (AvgIpc) is 2.42. The number of carbonyl (C=O) groups excluding carboxylic acids is 1. The van der Waals surface area contributed by atoms with E-state index in [2.05, 4.69) is 19.2 Å². The molecule has 1 aromatic rings. The Hall–Kier alpha value is -1.46. The van der Waals surface area contributed by atoms with Crippen LogP contribution >= 0.6 is 11.6 Å². The van der Waals surface area contributed by atoms with Crippen molar-refractivity contribution < 1.29 is 14.3 Å². The minimum Gasteiger partial charge on any atom is -0.493 e. The molecule has 0 radical (unpaired) electrons. The Labute approximate surface area is 124 Å². The van der Waals surface area contributed by atoms with Crippen LogP contribution in [0.4, 0.5) is 0 Å². The second kappa shape index (κ2) is 7.97. The van der Waals surface area contributed by atoms with Crippen LogP contribution in [0, 0.1) is 0 Å². The molecule has 0 saturated heterocycles. The highest BCUT2D eigenvalue weighted by atomic mass is 35.5. The Morgan fingerprint density at radius 1 is 1.50 bits per heavy atom.